The number of hydrogen-bond donors (Lipinski definition) is 5. The van der Waals surface area contributed by atoms with Gasteiger partial charge in [0.15, 0.2) is 5.60 Å². The zero-order valence-corrected chi connectivity index (χ0v) is 10.4. The van der Waals surface area contributed by atoms with Gasteiger partial charge in [0, 0.05) is 12.3 Å². The van der Waals surface area contributed by atoms with Crippen LogP contribution in [0.4, 0.5) is 0 Å². The smallest absolute Gasteiger partial charge is 0.335 e. The third kappa shape index (κ3) is 2.81. The van der Waals surface area contributed by atoms with E-state index in [0.717, 1.165) is 0 Å². The van der Waals surface area contributed by atoms with Crippen LogP contribution < -0.4 is 0 Å². The van der Waals surface area contributed by atoms with Crippen LogP contribution in [0, 0.1) is 5.92 Å². The Morgan fingerprint density at radius 2 is 2.06 bits per heavy atom. The summed E-state index contributed by atoms with van der Waals surface area (Å²) in [5.41, 5.74) is -1.62. The molecule has 0 aliphatic carbocycles. The van der Waals surface area contributed by atoms with Crippen LogP contribution in [0.25, 0.3) is 0 Å². The average Bonchev–Trinajstić information content (AvgIpc) is 2.31. The Bertz CT molecular complexity index is 308. The average molecular weight is 264 g/mol. The minimum Gasteiger partial charge on any atom is -0.479 e. The molecular formula is C11H20O7. The van der Waals surface area contributed by atoms with Gasteiger partial charge in [-0.25, -0.2) is 4.79 Å². The van der Waals surface area contributed by atoms with E-state index in [-0.39, 0.29) is 6.42 Å². The van der Waals surface area contributed by atoms with E-state index >= 15 is 0 Å². The predicted octanol–water partition coefficient (Wildman–Crippen LogP) is -1.67. The highest BCUT2D eigenvalue weighted by Crippen LogP contribution is 2.35. The first kappa shape index (κ1) is 15.3. The first-order valence-electron chi connectivity index (χ1n) is 5.79. The highest BCUT2D eigenvalue weighted by atomic mass is 16.6. The molecule has 0 aromatic heterocycles. The minimum absolute atomic E-state index is 0.0953. The van der Waals surface area contributed by atoms with Gasteiger partial charge in [0.2, 0.25) is 0 Å². The molecule has 18 heavy (non-hydrogen) atoms. The first-order chi connectivity index (χ1) is 8.23. The maximum Gasteiger partial charge on any atom is 0.335 e. The lowest BCUT2D eigenvalue weighted by Crippen LogP contribution is -2.59. The number of carboxylic acids is 1. The molecule has 1 saturated heterocycles. The number of ether oxygens (including phenoxy) is 1. The number of aliphatic hydroxyl groups excluding tert-OH is 4. The monoisotopic (exact) mass is 264 g/mol. The molecule has 1 aliphatic heterocycles. The second kappa shape index (κ2) is 5.50. The molecule has 106 valence electrons. The van der Waals surface area contributed by atoms with Crippen LogP contribution in [0.3, 0.4) is 0 Å². The van der Waals surface area contributed by atoms with Crippen molar-refractivity contribution in [3.05, 3.63) is 0 Å². The summed E-state index contributed by atoms with van der Waals surface area (Å²) in [6.45, 7) is 2.22. The molecule has 0 spiro atoms. The second-order valence-corrected chi connectivity index (χ2v) is 4.99. The SMILES string of the molecule is C[C@H]1C([C@H](O)[C@H](O)CO)O[C@@](C)(C(=O)O)C[C@H]1O. The Labute approximate surface area is 105 Å². The van der Waals surface area contributed by atoms with E-state index in [1.54, 1.807) is 6.92 Å². The van der Waals surface area contributed by atoms with Gasteiger partial charge in [-0.15, -0.1) is 0 Å². The van der Waals surface area contributed by atoms with Crippen molar-refractivity contribution in [1.29, 1.82) is 0 Å². The van der Waals surface area contributed by atoms with Crippen LogP contribution in [0.2, 0.25) is 0 Å². The van der Waals surface area contributed by atoms with Crippen LogP contribution in [0.1, 0.15) is 20.3 Å². The summed E-state index contributed by atoms with van der Waals surface area (Å²) in [7, 11) is 0. The maximum absolute atomic E-state index is 11.1. The molecule has 7 nitrogen and oxygen atoms in total. The molecule has 0 bridgehead atoms. The van der Waals surface area contributed by atoms with Crippen molar-refractivity contribution < 1.29 is 35.1 Å². The van der Waals surface area contributed by atoms with Crippen LogP contribution >= 0.6 is 0 Å². The first-order valence-corrected chi connectivity index (χ1v) is 5.79. The molecule has 0 aromatic carbocycles. The molecule has 0 saturated carbocycles. The van der Waals surface area contributed by atoms with Crippen LogP contribution in [-0.4, -0.2) is 68.1 Å². The van der Waals surface area contributed by atoms with Crippen molar-refractivity contribution in [2.45, 2.75) is 50.3 Å². The Balaban J connectivity index is 2.92. The fourth-order valence-corrected chi connectivity index (χ4v) is 2.11. The standard InChI is InChI=1S/C11H20O7/c1-5-6(13)3-11(2,10(16)17)18-9(5)8(15)7(14)4-12/h5-9,12-15H,3-4H2,1-2H3,(H,16,17)/t5-,6-,7-,8-,9?,11-/m1/s1. The number of aliphatic carboxylic acids is 1. The second-order valence-electron chi connectivity index (χ2n) is 4.99. The lowest BCUT2D eigenvalue weighted by Gasteiger charge is -2.44. The van der Waals surface area contributed by atoms with Crippen molar-refractivity contribution in [2.24, 2.45) is 5.92 Å². The Hall–Kier alpha value is -0.730. The number of hydrogen-bond acceptors (Lipinski definition) is 6. The van der Waals surface area contributed by atoms with Gasteiger partial charge in [-0.05, 0) is 6.92 Å². The van der Waals surface area contributed by atoms with Gasteiger partial charge in [0.1, 0.15) is 12.2 Å². The van der Waals surface area contributed by atoms with E-state index in [0.29, 0.717) is 0 Å². The summed E-state index contributed by atoms with van der Waals surface area (Å²) in [5.74, 6) is -1.79. The zero-order chi connectivity index (χ0) is 14.1. The molecule has 1 fully saturated rings. The van der Waals surface area contributed by atoms with Gasteiger partial charge >= 0.3 is 5.97 Å². The third-order valence-electron chi connectivity index (χ3n) is 3.49. The molecule has 0 aromatic rings. The van der Waals surface area contributed by atoms with Crippen LogP contribution in [-0.2, 0) is 9.53 Å². The van der Waals surface area contributed by atoms with Gasteiger partial charge in [-0.3, -0.25) is 0 Å². The quantitative estimate of drug-likeness (QED) is 0.411. The van der Waals surface area contributed by atoms with Crippen LogP contribution in [0.5, 0.6) is 0 Å². The lowest BCUT2D eigenvalue weighted by molar-refractivity contribution is -0.232. The molecule has 7 heteroatoms. The van der Waals surface area contributed by atoms with Crippen molar-refractivity contribution in [3.63, 3.8) is 0 Å². The molecule has 1 heterocycles. The third-order valence-corrected chi connectivity index (χ3v) is 3.49. The van der Waals surface area contributed by atoms with Gasteiger partial charge in [0.25, 0.3) is 0 Å². The molecule has 6 atom stereocenters. The highest BCUT2D eigenvalue weighted by molar-refractivity contribution is 5.77. The largest absolute Gasteiger partial charge is 0.479 e. The summed E-state index contributed by atoms with van der Waals surface area (Å²) in [5, 5.41) is 46.9. The van der Waals surface area contributed by atoms with E-state index in [1.165, 1.54) is 6.92 Å². The van der Waals surface area contributed by atoms with Crippen molar-refractivity contribution >= 4 is 5.97 Å². The Kier molecular flexibility index (Phi) is 4.68. The zero-order valence-electron chi connectivity index (χ0n) is 10.4. The number of carboxylic acid groups (broad SMARTS) is 1. The number of rotatable bonds is 4. The summed E-state index contributed by atoms with van der Waals surface area (Å²) >= 11 is 0. The maximum atomic E-state index is 11.1. The molecular weight excluding hydrogens is 244 g/mol. The molecule has 5 N–H and O–H groups in total. The summed E-state index contributed by atoms with van der Waals surface area (Å²) in [6, 6.07) is 0. The van der Waals surface area contributed by atoms with Crippen molar-refractivity contribution in [2.75, 3.05) is 6.61 Å². The van der Waals surface area contributed by atoms with Gasteiger partial charge in [-0.2, -0.15) is 0 Å². The van der Waals surface area contributed by atoms with E-state index in [9.17, 15) is 20.1 Å². The molecule has 0 radical (unpaired) electrons. The van der Waals surface area contributed by atoms with E-state index < -0.39 is 48.5 Å². The molecule has 1 unspecified atom stereocenters. The summed E-state index contributed by atoms with van der Waals surface area (Å²) < 4.78 is 5.32. The fraction of sp³-hybridized carbons (Fsp3) is 0.909. The van der Waals surface area contributed by atoms with Gasteiger partial charge in [0.05, 0.1) is 18.8 Å². The summed E-state index contributed by atoms with van der Waals surface area (Å²) in [4.78, 5) is 11.1. The Morgan fingerprint density at radius 3 is 2.50 bits per heavy atom. The summed E-state index contributed by atoms with van der Waals surface area (Å²) in [6.07, 6.45) is -5.02. The van der Waals surface area contributed by atoms with Crippen molar-refractivity contribution in [3.8, 4) is 0 Å². The lowest BCUT2D eigenvalue weighted by atomic mass is 9.81. The number of aliphatic hydroxyl groups is 4. The molecule has 1 aliphatic rings. The minimum atomic E-state index is -1.62. The topological polar surface area (TPSA) is 127 Å². The van der Waals surface area contributed by atoms with Gasteiger partial charge < -0.3 is 30.3 Å². The number of carbonyl (C=O) groups is 1. The van der Waals surface area contributed by atoms with E-state index in [1.807, 2.05) is 0 Å². The molecule has 0 amide bonds. The van der Waals surface area contributed by atoms with Crippen molar-refractivity contribution in [1.82, 2.24) is 0 Å². The Morgan fingerprint density at radius 1 is 1.50 bits per heavy atom. The van der Waals surface area contributed by atoms with Gasteiger partial charge in [-0.1, -0.05) is 6.92 Å². The predicted molar refractivity (Wildman–Crippen MR) is 59.8 cm³/mol. The molecule has 1 rings (SSSR count). The van der Waals surface area contributed by atoms with Crippen LogP contribution in [0.15, 0.2) is 0 Å². The van der Waals surface area contributed by atoms with E-state index in [4.69, 9.17) is 14.9 Å². The fourth-order valence-electron chi connectivity index (χ4n) is 2.11. The van der Waals surface area contributed by atoms with E-state index in [2.05, 4.69) is 0 Å². The highest BCUT2D eigenvalue weighted by Gasteiger charge is 2.49. The normalized spacial score (nSPS) is 40.2.